The van der Waals surface area contributed by atoms with E-state index in [9.17, 15) is 4.79 Å². The summed E-state index contributed by atoms with van der Waals surface area (Å²) in [5, 5.41) is 18.5. The lowest BCUT2D eigenvalue weighted by molar-refractivity contribution is -0.117. The summed E-state index contributed by atoms with van der Waals surface area (Å²) in [6.45, 7) is 2.18. The van der Waals surface area contributed by atoms with Crippen LogP contribution in [-0.4, -0.2) is 40.2 Å². The Kier molecular flexibility index (Phi) is 4.74. The Morgan fingerprint density at radius 1 is 1.48 bits per heavy atom. The van der Waals surface area contributed by atoms with Gasteiger partial charge in [-0.2, -0.15) is 10.4 Å². The molecule has 2 aromatic rings. The number of rotatable bonds is 4. The molecule has 3 heterocycles. The van der Waals surface area contributed by atoms with E-state index in [1.165, 1.54) is 17.0 Å². The molecule has 0 aromatic carbocycles. The van der Waals surface area contributed by atoms with Crippen molar-refractivity contribution in [2.45, 2.75) is 18.8 Å². The standard InChI is InChI=1S/C16H19N5OS/c1-20-14(2-6-18-20)12-3-7-21(8-4-12)11-15(22)19-16-13(10-17)5-9-23-16/h2,5-6,9,12H,3-4,7-8,11H2,1H3,(H,19,22). The van der Waals surface area contributed by atoms with Crippen LogP contribution in [0.2, 0.25) is 0 Å². The van der Waals surface area contributed by atoms with Crippen molar-refractivity contribution >= 4 is 22.2 Å². The minimum Gasteiger partial charge on any atom is -0.315 e. The number of nitrogens with zero attached hydrogens (tertiary/aromatic N) is 4. The molecular weight excluding hydrogens is 310 g/mol. The lowest BCUT2D eigenvalue weighted by Gasteiger charge is -2.31. The summed E-state index contributed by atoms with van der Waals surface area (Å²) in [5.41, 5.74) is 1.80. The van der Waals surface area contributed by atoms with Crippen LogP contribution in [-0.2, 0) is 11.8 Å². The number of hydrogen-bond donors (Lipinski definition) is 1. The van der Waals surface area contributed by atoms with Crippen LogP contribution < -0.4 is 5.32 Å². The van der Waals surface area contributed by atoms with Gasteiger partial charge in [0.05, 0.1) is 12.1 Å². The number of aryl methyl sites for hydroxylation is 1. The number of anilines is 1. The van der Waals surface area contributed by atoms with Crippen molar-refractivity contribution < 1.29 is 4.79 Å². The van der Waals surface area contributed by atoms with E-state index in [-0.39, 0.29) is 5.91 Å². The monoisotopic (exact) mass is 329 g/mol. The van der Waals surface area contributed by atoms with Crippen LogP contribution in [0.1, 0.15) is 30.0 Å². The summed E-state index contributed by atoms with van der Waals surface area (Å²) in [7, 11) is 1.98. The fraction of sp³-hybridized carbons (Fsp3) is 0.438. The number of likely N-dealkylation sites (tertiary alicyclic amines) is 1. The largest absolute Gasteiger partial charge is 0.315 e. The predicted octanol–water partition coefficient (Wildman–Crippen LogP) is 2.17. The minimum absolute atomic E-state index is 0.0528. The van der Waals surface area contributed by atoms with E-state index in [4.69, 9.17) is 5.26 Å². The van der Waals surface area contributed by atoms with E-state index in [1.807, 2.05) is 23.3 Å². The van der Waals surface area contributed by atoms with Crippen molar-refractivity contribution in [3.8, 4) is 6.07 Å². The quantitative estimate of drug-likeness (QED) is 0.933. The fourth-order valence-corrected chi connectivity index (χ4v) is 3.79. The maximum Gasteiger partial charge on any atom is 0.239 e. The van der Waals surface area contributed by atoms with Crippen LogP contribution in [0.4, 0.5) is 5.00 Å². The van der Waals surface area contributed by atoms with Gasteiger partial charge in [-0.1, -0.05) is 0 Å². The van der Waals surface area contributed by atoms with Crippen LogP contribution in [0.25, 0.3) is 0 Å². The lowest BCUT2D eigenvalue weighted by atomic mass is 9.93. The highest BCUT2D eigenvalue weighted by Crippen LogP contribution is 2.27. The molecule has 7 heteroatoms. The molecule has 120 valence electrons. The number of piperidine rings is 1. The Balaban J connectivity index is 1.50. The number of nitriles is 1. The van der Waals surface area contributed by atoms with Gasteiger partial charge in [-0.3, -0.25) is 14.4 Å². The van der Waals surface area contributed by atoms with Crippen LogP contribution in [0.15, 0.2) is 23.7 Å². The maximum atomic E-state index is 12.1. The average Bonchev–Trinajstić information content (AvgIpc) is 3.16. The number of nitrogens with one attached hydrogen (secondary N) is 1. The first-order valence-corrected chi connectivity index (χ1v) is 8.53. The number of amides is 1. The van der Waals surface area contributed by atoms with Gasteiger partial charge in [0.25, 0.3) is 0 Å². The summed E-state index contributed by atoms with van der Waals surface area (Å²) in [4.78, 5) is 14.3. The zero-order chi connectivity index (χ0) is 16.2. The summed E-state index contributed by atoms with van der Waals surface area (Å²) in [6, 6.07) is 5.88. The second-order valence-corrected chi connectivity index (χ2v) is 6.67. The normalized spacial score (nSPS) is 16.2. The molecule has 2 aromatic heterocycles. The number of thiophene rings is 1. The molecule has 1 amide bonds. The molecule has 1 aliphatic rings. The highest BCUT2D eigenvalue weighted by molar-refractivity contribution is 7.14. The molecule has 1 saturated heterocycles. The van der Waals surface area contributed by atoms with Gasteiger partial charge in [-0.25, -0.2) is 0 Å². The predicted molar refractivity (Wildman–Crippen MR) is 89.3 cm³/mol. The molecule has 0 bridgehead atoms. The van der Waals surface area contributed by atoms with Crippen molar-refractivity contribution in [1.82, 2.24) is 14.7 Å². The molecule has 0 saturated carbocycles. The second-order valence-electron chi connectivity index (χ2n) is 5.75. The molecule has 3 rings (SSSR count). The van der Waals surface area contributed by atoms with Crippen molar-refractivity contribution in [2.75, 3.05) is 25.0 Å². The zero-order valence-electron chi connectivity index (χ0n) is 13.0. The van der Waals surface area contributed by atoms with Gasteiger partial charge in [0.1, 0.15) is 11.1 Å². The molecular formula is C16H19N5OS. The summed E-state index contributed by atoms with van der Waals surface area (Å²) < 4.78 is 1.94. The minimum atomic E-state index is -0.0528. The van der Waals surface area contributed by atoms with Gasteiger partial charge in [0.15, 0.2) is 0 Å². The van der Waals surface area contributed by atoms with E-state index >= 15 is 0 Å². The van der Waals surface area contributed by atoms with Gasteiger partial charge >= 0.3 is 0 Å². The summed E-state index contributed by atoms with van der Waals surface area (Å²) >= 11 is 1.38. The molecule has 1 fully saturated rings. The Bertz CT molecular complexity index is 721. The smallest absolute Gasteiger partial charge is 0.239 e. The van der Waals surface area contributed by atoms with E-state index in [2.05, 4.69) is 27.5 Å². The maximum absolute atomic E-state index is 12.1. The van der Waals surface area contributed by atoms with E-state index < -0.39 is 0 Å². The molecule has 0 atom stereocenters. The summed E-state index contributed by atoms with van der Waals surface area (Å²) in [5.74, 6) is 0.465. The number of carbonyl (C=O) groups is 1. The highest BCUT2D eigenvalue weighted by Gasteiger charge is 2.24. The van der Waals surface area contributed by atoms with Gasteiger partial charge in [-0.05, 0) is 43.4 Å². The third-order valence-corrected chi connectivity index (χ3v) is 5.10. The topological polar surface area (TPSA) is 74.0 Å². The highest BCUT2D eigenvalue weighted by atomic mass is 32.1. The van der Waals surface area contributed by atoms with Gasteiger partial charge in [0.2, 0.25) is 5.91 Å². The molecule has 1 aliphatic heterocycles. The molecule has 23 heavy (non-hydrogen) atoms. The summed E-state index contributed by atoms with van der Waals surface area (Å²) in [6.07, 6.45) is 3.91. The van der Waals surface area contributed by atoms with Gasteiger partial charge in [0, 0.05) is 24.9 Å². The molecule has 0 radical (unpaired) electrons. The SMILES string of the molecule is Cn1nccc1C1CCN(CC(=O)Nc2sccc2C#N)CC1. The van der Waals surface area contributed by atoms with Crippen LogP contribution in [0, 0.1) is 11.3 Å². The van der Waals surface area contributed by atoms with Crippen LogP contribution in [0.3, 0.4) is 0 Å². The zero-order valence-corrected chi connectivity index (χ0v) is 13.8. The third-order valence-electron chi connectivity index (χ3n) is 4.27. The van der Waals surface area contributed by atoms with E-state index in [1.54, 1.807) is 6.07 Å². The first-order chi connectivity index (χ1) is 11.2. The molecule has 6 nitrogen and oxygen atoms in total. The Morgan fingerprint density at radius 2 is 2.26 bits per heavy atom. The first-order valence-electron chi connectivity index (χ1n) is 7.65. The number of hydrogen-bond acceptors (Lipinski definition) is 5. The molecule has 0 aliphatic carbocycles. The van der Waals surface area contributed by atoms with E-state index in [0.717, 1.165) is 25.9 Å². The Labute approximate surface area is 139 Å². The van der Waals surface area contributed by atoms with Crippen LogP contribution >= 0.6 is 11.3 Å². The fourth-order valence-electron chi connectivity index (χ4n) is 3.03. The Hall–Kier alpha value is -2.17. The number of aromatic nitrogens is 2. The molecule has 1 N–H and O–H groups in total. The molecule has 0 unspecified atom stereocenters. The second kappa shape index (κ2) is 6.94. The molecule has 0 spiro atoms. The van der Waals surface area contributed by atoms with Gasteiger partial charge in [-0.15, -0.1) is 11.3 Å². The van der Waals surface area contributed by atoms with Crippen molar-refractivity contribution in [3.05, 3.63) is 35.0 Å². The number of carbonyl (C=O) groups excluding carboxylic acids is 1. The van der Waals surface area contributed by atoms with Crippen LogP contribution in [0.5, 0.6) is 0 Å². The lowest BCUT2D eigenvalue weighted by Crippen LogP contribution is -2.39. The van der Waals surface area contributed by atoms with Crippen molar-refractivity contribution in [2.24, 2.45) is 7.05 Å². The average molecular weight is 329 g/mol. The third kappa shape index (κ3) is 3.60. The van der Waals surface area contributed by atoms with E-state index in [0.29, 0.717) is 23.0 Å². The van der Waals surface area contributed by atoms with Crippen molar-refractivity contribution in [1.29, 1.82) is 5.26 Å². The van der Waals surface area contributed by atoms with Crippen molar-refractivity contribution in [3.63, 3.8) is 0 Å². The first kappa shape index (κ1) is 15.7. The van der Waals surface area contributed by atoms with Gasteiger partial charge < -0.3 is 5.32 Å². The Morgan fingerprint density at radius 3 is 2.91 bits per heavy atom.